The van der Waals surface area contributed by atoms with Crippen LogP contribution < -0.4 is 0 Å². The van der Waals surface area contributed by atoms with E-state index in [0.29, 0.717) is 6.61 Å². The second-order valence-electron chi connectivity index (χ2n) is 5.46. The molecule has 0 unspecified atom stereocenters. The summed E-state index contributed by atoms with van der Waals surface area (Å²) in [5.41, 5.74) is 2.35. The highest BCUT2D eigenvalue weighted by Crippen LogP contribution is 2.25. The highest BCUT2D eigenvalue weighted by Gasteiger charge is 2.26. The molecular weight excluding hydrogens is 296 g/mol. The first-order valence-corrected chi connectivity index (χ1v) is 8.56. The van der Waals surface area contributed by atoms with Crippen LogP contribution in [0, 0.1) is 6.92 Å². The minimum absolute atomic E-state index is 0.263. The lowest BCUT2D eigenvalue weighted by Crippen LogP contribution is -2.41. The third-order valence-corrected chi connectivity index (χ3v) is 4.64. The minimum atomic E-state index is 0.263. The predicted molar refractivity (Wildman–Crippen MR) is 88.1 cm³/mol. The number of hydrogen-bond acceptors (Lipinski definition) is 5. The summed E-state index contributed by atoms with van der Waals surface area (Å²) in [7, 11) is 0. The second kappa shape index (κ2) is 7.83. The molecule has 1 atom stereocenters. The van der Waals surface area contributed by atoms with Gasteiger partial charge in [-0.15, -0.1) is 11.3 Å². The number of benzene rings is 1. The number of aryl methyl sites for hydroxylation is 1. The van der Waals surface area contributed by atoms with Crippen LogP contribution >= 0.6 is 11.3 Å². The van der Waals surface area contributed by atoms with E-state index in [1.165, 1.54) is 5.56 Å². The molecule has 0 amide bonds. The van der Waals surface area contributed by atoms with Crippen LogP contribution in [-0.2, 0) is 16.1 Å². The van der Waals surface area contributed by atoms with Gasteiger partial charge in [0.15, 0.2) is 0 Å². The molecule has 0 spiro atoms. The molecule has 1 aliphatic heterocycles. The highest BCUT2D eigenvalue weighted by molar-refractivity contribution is 7.09. The topological polar surface area (TPSA) is 34.6 Å². The van der Waals surface area contributed by atoms with E-state index in [2.05, 4.69) is 27.4 Å². The Hall–Kier alpha value is -1.27. The number of rotatable bonds is 6. The zero-order valence-corrected chi connectivity index (χ0v) is 13.7. The van der Waals surface area contributed by atoms with Crippen LogP contribution in [0.25, 0.3) is 0 Å². The van der Waals surface area contributed by atoms with Gasteiger partial charge in [0.05, 0.1) is 43.2 Å². The lowest BCUT2D eigenvalue weighted by molar-refractivity contribution is -0.0240. The van der Waals surface area contributed by atoms with Crippen molar-refractivity contribution < 1.29 is 9.47 Å². The summed E-state index contributed by atoms with van der Waals surface area (Å²) >= 11 is 1.70. The molecule has 3 rings (SSSR count). The summed E-state index contributed by atoms with van der Waals surface area (Å²) in [5.74, 6) is 0. The minimum Gasteiger partial charge on any atom is -0.378 e. The van der Waals surface area contributed by atoms with Gasteiger partial charge in [0, 0.05) is 18.5 Å². The number of nitrogens with zero attached hydrogens (tertiary/aromatic N) is 2. The van der Waals surface area contributed by atoms with E-state index >= 15 is 0 Å². The zero-order valence-electron chi connectivity index (χ0n) is 12.9. The molecule has 1 aromatic carbocycles. The molecule has 1 aliphatic rings. The van der Waals surface area contributed by atoms with Gasteiger partial charge < -0.3 is 9.47 Å². The van der Waals surface area contributed by atoms with Crippen molar-refractivity contribution in [3.8, 4) is 0 Å². The average Bonchev–Trinajstić information content (AvgIpc) is 2.99. The van der Waals surface area contributed by atoms with Gasteiger partial charge in [-0.05, 0) is 12.5 Å². The summed E-state index contributed by atoms with van der Waals surface area (Å²) in [6, 6.07) is 10.6. The third kappa shape index (κ3) is 4.14. The first kappa shape index (κ1) is 15.6. The van der Waals surface area contributed by atoms with Gasteiger partial charge >= 0.3 is 0 Å². The Kier molecular flexibility index (Phi) is 5.56. The number of morpholine rings is 1. The third-order valence-electron chi connectivity index (χ3n) is 3.85. The molecule has 118 valence electrons. The Morgan fingerprint density at radius 2 is 2.23 bits per heavy atom. The first-order chi connectivity index (χ1) is 10.8. The number of thiazole rings is 1. The molecule has 2 aromatic rings. The molecule has 0 saturated carbocycles. The second-order valence-corrected chi connectivity index (χ2v) is 6.52. The molecule has 0 N–H and O–H groups in total. The fourth-order valence-electron chi connectivity index (χ4n) is 2.66. The molecule has 22 heavy (non-hydrogen) atoms. The monoisotopic (exact) mass is 318 g/mol. The Morgan fingerprint density at radius 1 is 1.36 bits per heavy atom. The lowest BCUT2D eigenvalue weighted by atomic mass is 10.2. The predicted octanol–water partition coefficient (Wildman–Crippen LogP) is 3.04. The van der Waals surface area contributed by atoms with Gasteiger partial charge in [0.25, 0.3) is 0 Å². The van der Waals surface area contributed by atoms with Crippen molar-refractivity contribution in [2.75, 3.05) is 32.9 Å². The van der Waals surface area contributed by atoms with E-state index in [1.54, 1.807) is 11.3 Å². The average molecular weight is 318 g/mol. The van der Waals surface area contributed by atoms with E-state index in [0.717, 1.165) is 43.6 Å². The largest absolute Gasteiger partial charge is 0.378 e. The maximum Gasteiger partial charge on any atom is 0.0898 e. The van der Waals surface area contributed by atoms with Crippen LogP contribution in [0.1, 0.15) is 22.3 Å². The van der Waals surface area contributed by atoms with Crippen molar-refractivity contribution in [3.05, 3.63) is 52.0 Å². The SMILES string of the molecule is Cc1nc([C@@H]2COCCN2CCOCc2ccccc2)cs1. The van der Waals surface area contributed by atoms with Gasteiger partial charge in [0.2, 0.25) is 0 Å². The number of ether oxygens (including phenoxy) is 2. The maximum absolute atomic E-state index is 5.81. The Balaban J connectivity index is 1.49. The van der Waals surface area contributed by atoms with Gasteiger partial charge in [0.1, 0.15) is 0 Å². The van der Waals surface area contributed by atoms with Crippen molar-refractivity contribution >= 4 is 11.3 Å². The van der Waals surface area contributed by atoms with E-state index < -0.39 is 0 Å². The molecule has 2 heterocycles. The molecule has 0 bridgehead atoms. The Morgan fingerprint density at radius 3 is 3.00 bits per heavy atom. The number of aromatic nitrogens is 1. The molecule has 1 aromatic heterocycles. The molecule has 0 radical (unpaired) electrons. The van der Waals surface area contributed by atoms with Crippen LogP contribution in [0.4, 0.5) is 0 Å². The van der Waals surface area contributed by atoms with Crippen molar-refractivity contribution in [1.29, 1.82) is 0 Å². The summed E-state index contributed by atoms with van der Waals surface area (Å²) in [5, 5.41) is 3.26. The van der Waals surface area contributed by atoms with Crippen LogP contribution in [-0.4, -0.2) is 42.8 Å². The van der Waals surface area contributed by atoms with Crippen LogP contribution in [0.15, 0.2) is 35.7 Å². The Bertz CT molecular complexity index is 573. The summed E-state index contributed by atoms with van der Waals surface area (Å²) < 4.78 is 11.4. The summed E-state index contributed by atoms with van der Waals surface area (Å²) in [6.45, 7) is 6.82. The van der Waals surface area contributed by atoms with Gasteiger partial charge in [-0.3, -0.25) is 4.90 Å². The van der Waals surface area contributed by atoms with Crippen molar-refractivity contribution in [2.45, 2.75) is 19.6 Å². The quantitative estimate of drug-likeness (QED) is 0.767. The van der Waals surface area contributed by atoms with E-state index in [-0.39, 0.29) is 6.04 Å². The standard InChI is InChI=1S/C17H22N2O2S/c1-14-18-16(13-22-14)17-12-21-10-8-19(17)7-9-20-11-15-5-3-2-4-6-15/h2-6,13,17H,7-12H2,1H3/t17-/m0/s1. The van der Waals surface area contributed by atoms with E-state index in [4.69, 9.17) is 9.47 Å². The smallest absolute Gasteiger partial charge is 0.0898 e. The fourth-order valence-corrected chi connectivity index (χ4v) is 3.32. The maximum atomic E-state index is 5.81. The normalized spacial score (nSPS) is 19.4. The summed E-state index contributed by atoms with van der Waals surface area (Å²) in [4.78, 5) is 7.04. The molecule has 0 aliphatic carbocycles. The van der Waals surface area contributed by atoms with Crippen molar-refractivity contribution in [2.24, 2.45) is 0 Å². The van der Waals surface area contributed by atoms with E-state index in [9.17, 15) is 0 Å². The van der Waals surface area contributed by atoms with Gasteiger partial charge in [-0.1, -0.05) is 30.3 Å². The van der Waals surface area contributed by atoms with E-state index in [1.807, 2.05) is 25.1 Å². The van der Waals surface area contributed by atoms with Crippen LogP contribution in [0.2, 0.25) is 0 Å². The molecule has 1 fully saturated rings. The molecule has 1 saturated heterocycles. The zero-order chi connectivity index (χ0) is 15.2. The van der Waals surface area contributed by atoms with Gasteiger partial charge in [-0.25, -0.2) is 4.98 Å². The molecule has 5 heteroatoms. The summed E-state index contributed by atoms with van der Waals surface area (Å²) in [6.07, 6.45) is 0. The van der Waals surface area contributed by atoms with Crippen LogP contribution in [0.3, 0.4) is 0 Å². The molecular formula is C17H22N2O2S. The fraction of sp³-hybridized carbons (Fsp3) is 0.471. The molecule has 4 nitrogen and oxygen atoms in total. The lowest BCUT2D eigenvalue weighted by Gasteiger charge is -2.34. The van der Waals surface area contributed by atoms with Crippen LogP contribution in [0.5, 0.6) is 0 Å². The van der Waals surface area contributed by atoms with Crippen molar-refractivity contribution in [3.63, 3.8) is 0 Å². The number of hydrogen-bond donors (Lipinski definition) is 0. The van der Waals surface area contributed by atoms with Crippen molar-refractivity contribution in [1.82, 2.24) is 9.88 Å². The highest BCUT2D eigenvalue weighted by atomic mass is 32.1. The van der Waals surface area contributed by atoms with Gasteiger partial charge in [-0.2, -0.15) is 0 Å². The Labute approximate surface area is 135 Å². The first-order valence-electron chi connectivity index (χ1n) is 7.68.